The first kappa shape index (κ1) is 27.7. The van der Waals surface area contributed by atoms with Gasteiger partial charge >= 0.3 is 5.97 Å². The molecule has 2 aliphatic rings. The summed E-state index contributed by atoms with van der Waals surface area (Å²) in [6.45, 7) is 12.4. The highest BCUT2D eigenvalue weighted by Gasteiger charge is 2.27. The van der Waals surface area contributed by atoms with Gasteiger partial charge in [-0.05, 0) is 32.8 Å². The fraction of sp³-hybridized carbons (Fsp3) is 0.667. The third kappa shape index (κ3) is 8.94. The van der Waals surface area contributed by atoms with Gasteiger partial charge in [0.2, 0.25) is 0 Å². The van der Waals surface area contributed by atoms with Crippen molar-refractivity contribution in [3.05, 3.63) is 29.8 Å². The van der Waals surface area contributed by atoms with Gasteiger partial charge < -0.3 is 24.4 Å². The predicted molar refractivity (Wildman–Crippen MR) is 140 cm³/mol. The summed E-state index contributed by atoms with van der Waals surface area (Å²) >= 11 is 0. The Labute approximate surface area is 215 Å². The Hall–Kier alpha value is -1.59. The molecule has 2 saturated heterocycles. The zero-order valence-corrected chi connectivity index (χ0v) is 22.3. The van der Waals surface area contributed by atoms with Gasteiger partial charge in [0.25, 0.3) is 0 Å². The minimum Gasteiger partial charge on any atom is -0.492 e. The van der Waals surface area contributed by atoms with Gasteiger partial charge in [0.05, 0.1) is 32.3 Å². The molecule has 2 aliphatic heterocycles. The number of carbonyl (C=O) groups is 1. The minimum atomic E-state index is -0.0720. The number of aliphatic imine (C=N–C) groups is 1. The molecule has 0 unspecified atom stereocenters. The van der Waals surface area contributed by atoms with Crippen molar-refractivity contribution in [3.8, 4) is 5.75 Å². The van der Waals surface area contributed by atoms with Gasteiger partial charge in [0.15, 0.2) is 5.96 Å². The number of carbonyl (C=O) groups excluding carboxylic acids is 1. The fourth-order valence-corrected chi connectivity index (χ4v) is 4.06. The maximum Gasteiger partial charge on any atom is 0.309 e. The first-order chi connectivity index (χ1) is 15.7. The molecule has 1 aromatic carbocycles. The van der Waals surface area contributed by atoms with Gasteiger partial charge in [-0.1, -0.05) is 18.2 Å². The van der Waals surface area contributed by atoms with Crippen LogP contribution in [0.2, 0.25) is 0 Å². The fourth-order valence-electron chi connectivity index (χ4n) is 4.06. The standard InChI is InChI=1S/C24H38N4O4.HI/c1-3-25-24(28-11-9-20(10-12-28)23(29)31-4-2)26-19-21-7-5-6-8-22(21)32-18-15-27-13-16-30-17-14-27;/h5-8,20H,3-4,9-19H2,1-2H3,(H,25,26);1H. The summed E-state index contributed by atoms with van der Waals surface area (Å²) in [5, 5.41) is 3.40. The summed E-state index contributed by atoms with van der Waals surface area (Å²) in [4.78, 5) is 21.5. The molecule has 2 heterocycles. The summed E-state index contributed by atoms with van der Waals surface area (Å²) in [6.07, 6.45) is 1.59. The van der Waals surface area contributed by atoms with Crippen molar-refractivity contribution < 1.29 is 19.0 Å². The van der Waals surface area contributed by atoms with Crippen molar-refractivity contribution in [3.63, 3.8) is 0 Å². The second-order valence-corrected chi connectivity index (χ2v) is 8.09. The molecule has 0 atom stereocenters. The maximum absolute atomic E-state index is 12.0. The van der Waals surface area contributed by atoms with Crippen molar-refractivity contribution >= 4 is 35.9 Å². The first-order valence-electron chi connectivity index (χ1n) is 11.9. The van der Waals surface area contributed by atoms with Crippen LogP contribution >= 0.6 is 24.0 Å². The first-order valence-corrected chi connectivity index (χ1v) is 11.9. The molecule has 0 amide bonds. The number of morpholine rings is 1. The van der Waals surface area contributed by atoms with Crippen molar-refractivity contribution in [1.82, 2.24) is 15.1 Å². The van der Waals surface area contributed by atoms with Crippen LogP contribution in [-0.4, -0.2) is 87.4 Å². The van der Waals surface area contributed by atoms with Gasteiger partial charge in [-0.25, -0.2) is 4.99 Å². The van der Waals surface area contributed by atoms with Crippen LogP contribution in [0.1, 0.15) is 32.3 Å². The number of halogens is 1. The number of hydrogen-bond acceptors (Lipinski definition) is 6. The molecular formula is C24H39IN4O4. The summed E-state index contributed by atoms with van der Waals surface area (Å²) in [5.41, 5.74) is 1.08. The molecule has 0 aliphatic carbocycles. The van der Waals surface area contributed by atoms with E-state index < -0.39 is 0 Å². The van der Waals surface area contributed by atoms with Crippen LogP contribution in [0.4, 0.5) is 0 Å². The van der Waals surface area contributed by atoms with Gasteiger partial charge in [0.1, 0.15) is 12.4 Å². The highest BCUT2D eigenvalue weighted by atomic mass is 127. The van der Waals surface area contributed by atoms with E-state index in [0.717, 1.165) is 82.6 Å². The van der Waals surface area contributed by atoms with E-state index in [-0.39, 0.29) is 35.9 Å². The Bertz CT molecular complexity index is 735. The van der Waals surface area contributed by atoms with Crippen molar-refractivity contribution in [2.45, 2.75) is 33.2 Å². The van der Waals surface area contributed by atoms with Gasteiger partial charge in [-0.2, -0.15) is 0 Å². The van der Waals surface area contributed by atoms with Crippen LogP contribution in [0.25, 0.3) is 0 Å². The number of likely N-dealkylation sites (tertiary alicyclic amines) is 1. The number of benzene rings is 1. The highest BCUT2D eigenvalue weighted by molar-refractivity contribution is 14.0. The van der Waals surface area contributed by atoms with Crippen LogP contribution in [0, 0.1) is 5.92 Å². The van der Waals surface area contributed by atoms with Crippen molar-refractivity contribution in [2.75, 3.05) is 65.7 Å². The Balaban J connectivity index is 0.00000385. The summed E-state index contributed by atoms with van der Waals surface area (Å²) in [7, 11) is 0. The molecule has 3 rings (SSSR count). The third-order valence-electron chi connectivity index (χ3n) is 5.89. The second kappa shape index (κ2) is 15.3. The number of esters is 1. The highest BCUT2D eigenvalue weighted by Crippen LogP contribution is 2.21. The van der Waals surface area contributed by atoms with Crippen LogP contribution in [0.15, 0.2) is 29.3 Å². The number of nitrogens with one attached hydrogen (secondary N) is 1. The normalized spacial score (nSPS) is 17.9. The van der Waals surface area contributed by atoms with Crippen LogP contribution < -0.4 is 10.1 Å². The van der Waals surface area contributed by atoms with E-state index in [0.29, 0.717) is 19.8 Å². The van der Waals surface area contributed by atoms with Crippen LogP contribution in [-0.2, 0) is 20.8 Å². The topological polar surface area (TPSA) is 75.6 Å². The molecule has 8 nitrogen and oxygen atoms in total. The van der Waals surface area contributed by atoms with E-state index in [2.05, 4.69) is 28.1 Å². The van der Waals surface area contributed by atoms with E-state index >= 15 is 0 Å². The molecule has 33 heavy (non-hydrogen) atoms. The molecular weight excluding hydrogens is 535 g/mol. The molecule has 0 bridgehead atoms. The van der Waals surface area contributed by atoms with E-state index in [1.165, 1.54) is 0 Å². The summed E-state index contributed by atoms with van der Waals surface area (Å²) in [6, 6.07) is 8.12. The average Bonchev–Trinajstić information content (AvgIpc) is 2.83. The van der Waals surface area contributed by atoms with Crippen LogP contribution in [0.5, 0.6) is 5.75 Å². The zero-order chi connectivity index (χ0) is 22.6. The van der Waals surface area contributed by atoms with Crippen molar-refractivity contribution in [1.29, 1.82) is 0 Å². The number of rotatable bonds is 9. The lowest BCUT2D eigenvalue weighted by molar-refractivity contribution is -0.149. The lowest BCUT2D eigenvalue weighted by Crippen LogP contribution is -2.46. The predicted octanol–water partition coefficient (Wildman–Crippen LogP) is 2.76. The molecule has 9 heteroatoms. The Morgan fingerprint density at radius 3 is 2.58 bits per heavy atom. The lowest BCUT2D eigenvalue weighted by atomic mass is 9.97. The molecule has 0 saturated carbocycles. The largest absolute Gasteiger partial charge is 0.492 e. The number of para-hydroxylation sites is 1. The molecule has 0 spiro atoms. The lowest BCUT2D eigenvalue weighted by Gasteiger charge is -2.33. The molecule has 0 aromatic heterocycles. The number of hydrogen-bond donors (Lipinski definition) is 1. The second-order valence-electron chi connectivity index (χ2n) is 8.09. The monoisotopic (exact) mass is 574 g/mol. The number of guanidine groups is 1. The molecule has 1 N–H and O–H groups in total. The summed E-state index contributed by atoms with van der Waals surface area (Å²) in [5.74, 6) is 1.70. The third-order valence-corrected chi connectivity index (χ3v) is 5.89. The van der Waals surface area contributed by atoms with E-state index in [1.54, 1.807) is 0 Å². The minimum absolute atomic E-state index is 0. The van der Waals surface area contributed by atoms with E-state index in [1.807, 2.05) is 25.1 Å². The Morgan fingerprint density at radius 2 is 1.88 bits per heavy atom. The van der Waals surface area contributed by atoms with Gasteiger partial charge in [0, 0.05) is 44.8 Å². The Morgan fingerprint density at radius 1 is 1.15 bits per heavy atom. The van der Waals surface area contributed by atoms with Gasteiger partial charge in [-0.15, -0.1) is 24.0 Å². The maximum atomic E-state index is 12.0. The Kier molecular flexibility index (Phi) is 12.9. The van der Waals surface area contributed by atoms with Crippen molar-refractivity contribution in [2.24, 2.45) is 10.9 Å². The van der Waals surface area contributed by atoms with E-state index in [9.17, 15) is 4.79 Å². The molecule has 0 radical (unpaired) electrons. The SMILES string of the molecule is CCNC(=NCc1ccccc1OCCN1CCOCC1)N1CCC(C(=O)OCC)CC1.I. The number of ether oxygens (including phenoxy) is 3. The van der Waals surface area contributed by atoms with Gasteiger partial charge in [-0.3, -0.25) is 9.69 Å². The molecule has 1 aromatic rings. The van der Waals surface area contributed by atoms with Crippen LogP contribution in [0.3, 0.4) is 0 Å². The summed E-state index contributed by atoms with van der Waals surface area (Å²) < 4.78 is 16.7. The number of piperidine rings is 1. The quantitative estimate of drug-likeness (QED) is 0.211. The molecule has 186 valence electrons. The smallest absolute Gasteiger partial charge is 0.309 e. The van der Waals surface area contributed by atoms with E-state index in [4.69, 9.17) is 19.2 Å². The average molecular weight is 575 g/mol. The molecule has 2 fully saturated rings. The zero-order valence-electron chi connectivity index (χ0n) is 20.0. The number of nitrogens with zero attached hydrogens (tertiary/aromatic N) is 3.